The van der Waals surface area contributed by atoms with E-state index in [2.05, 4.69) is 26.5 Å². The molecule has 9 heteroatoms. The van der Waals surface area contributed by atoms with Crippen molar-refractivity contribution in [1.82, 2.24) is 5.43 Å². The van der Waals surface area contributed by atoms with Crippen LogP contribution in [0, 0.1) is 0 Å². The van der Waals surface area contributed by atoms with Crippen molar-refractivity contribution in [2.24, 2.45) is 5.10 Å². The van der Waals surface area contributed by atoms with Gasteiger partial charge in [0.15, 0.2) is 0 Å². The molecule has 0 fully saturated rings. The number of ether oxygens (including phenoxy) is 1. The molecule has 0 bridgehead atoms. The molecule has 3 rings (SSSR count). The third-order valence-corrected chi connectivity index (χ3v) is 5.14. The SMILES string of the molecule is O=C(N/N=C\c1cc(Br)ccc1OCc1c(Cl)cccc1Cl)c1cc(O)cc(O)c1. The minimum absolute atomic E-state index is 0.0590. The maximum atomic E-state index is 12.2. The van der Waals surface area contributed by atoms with Gasteiger partial charge >= 0.3 is 0 Å². The van der Waals surface area contributed by atoms with Crippen molar-refractivity contribution >= 4 is 51.3 Å². The van der Waals surface area contributed by atoms with Crippen LogP contribution < -0.4 is 10.2 Å². The minimum Gasteiger partial charge on any atom is -0.508 e. The first-order chi connectivity index (χ1) is 14.3. The zero-order chi connectivity index (χ0) is 21.7. The number of phenolic OH excluding ortho intramolecular Hbond substituents is 2. The molecule has 1 amide bonds. The Balaban J connectivity index is 1.74. The molecule has 3 N–H and O–H groups in total. The smallest absolute Gasteiger partial charge is 0.271 e. The summed E-state index contributed by atoms with van der Waals surface area (Å²) < 4.78 is 6.64. The number of carbonyl (C=O) groups excluding carboxylic acids is 1. The number of aromatic hydroxyl groups is 2. The molecule has 0 aliphatic rings. The highest BCUT2D eigenvalue weighted by Crippen LogP contribution is 2.28. The highest BCUT2D eigenvalue weighted by Gasteiger charge is 2.10. The van der Waals surface area contributed by atoms with Gasteiger partial charge in [0, 0.05) is 37.3 Å². The van der Waals surface area contributed by atoms with Crippen LogP contribution in [0.4, 0.5) is 0 Å². The van der Waals surface area contributed by atoms with Gasteiger partial charge in [0.2, 0.25) is 0 Å². The average Bonchev–Trinajstić information content (AvgIpc) is 2.68. The van der Waals surface area contributed by atoms with E-state index in [1.807, 2.05) is 0 Å². The Labute approximate surface area is 190 Å². The molecule has 0 spiro atoms. The van der Waals surface area contributed by atoms with Gasteiger partial charge in [0.05, 0.1) is 6.21 Å². The summed E-state index contributed by atoms with van der Waals surface area (Å²) in [5, 5.41) is 23.9. The number of nitrogens with zero attached hydrogens (tertiary/aromatic N) is 1. The number of hydrogen-bond acceptors (Lipinski definition) is 5. The fourth-order valence-electron chi connectivity index (χ4n) is 2.52. The Morgan fingerprint density at radius 3 is 2.40 bits per heavy atom. The van der Waals surface area contributed by atoms with Crippen LogP contribution in [0.5, 0.6) is 17.2 Å². The lowest BCUT2D eigenvalue weighted by molar-refractivity contribution is 0.0954. The lowest BCUT2D eigenvalue weighted by atomic mass is 10.2. The third-order valence-electron chi connectivity index (χ3n) is 3.94. The number of amides is 1. The van der Waals surface area contributed by atoms with Gasteiger partial charge in [-0.15, -0.1) is 0 Å². The zero-order valence-electron chi connectivity index (χ0n) is 15.3. The van der Waals surface area contributed by atoms with Crippen LogP contribution in [0.3, 0.4) is 0 Å². The topological polar surface area (TPSA) is 91.2 Å². The summed E-state index contributed by atoms with van der Waals surface area (Å²) in [5.74, 6) is -0.560. The van der Waals surface area contributed by atoms with Crippen molar-refractivity contribution in [2.45, 2.75) is 6.61 Å². The van der Waals surface area contributed by atoms with Crippen LogP contribution >= 0.6 is 39.1 Å². The van der Waals surface area contributed by atoms with Gasteiger partial charge in [0.1, 0.15) is 23.9 Å². The van der Waals surface area contributed by atoms with Gasteiger partial charge in [-0.05, 0) is 42.5 Å². The summed E-state index contributed by atoms with van der Waals surface area (Å²) in [6.07, 6.45) is 1.41. The van der Waals surface area contributed by atoms with Gasteiger partial charge in [-0.3, -0.25) is 4.79 Å². The largest absolute Gasteiger partial charge is 0.508 e. The van der Waals surface area contributed by atoms with Crippen molar-refractivity contribution in [2.75, 3.05) is 0 Å². The van der Waals surface area contributed by atoms with E-state index < -0.39 is 5.91 Å². The molecule has 0 saturated heterocycles. The van der Waals surface area contributed by atoms with E-state index in [0.717, 1.165) is 10.5 Å². The van der Waals surface area contributed by atoms with E-state index in [1.54, 1.807) is 36.4 Å². The number of halogens is 3. The van der Waals surface area contributed by atoms with Crippen LogP contribution in [0.1, 0.15) is 21.5 Å². The zero-order valence-corrected chi connectivity index (χ0v) is 18.4. The lowest BCUT2D eigenvalue weighted by Gasteiger charge is -2.12. The first-order valence-corrected chi connectivity index (χ1v) is 10.1. The number of benzene rings is 3. The summed E-state index contributed by atoms with van der Waals surface area (Å²) in [5.41, 5.74) is 3.64. The molecule has 0 saturated carbocycles. The van der Waals surface area contributed by atoms with E-state index >= 15 is 0 Å². The third kappa shape index (κ3) is 5.66. The number of rotatable bonds is 6. The highest BCUT2D eigenvalue weighted by atomic mass is 79.9. The maximum Gasteiger partial charge on any atom is 0.271 e. The number of nitrogens with one attached hydrogen (secondary N) is 1. The van der Waals surface area contributed by atoms with Crippen LogP contribution in [-0.2, 0) is 6.61 Å². The second-order valence-electron chi connectivity index (χ2n) is 6.11. The van der Waals surface area contributed by atoms with Crippen LogP contribution in [0.2, 0.25) is 10.0 Å². The molecule has 0 atom stereocenters. The van der Waals surface area contributed by atoms with E-state index in [4.69, 9.17) is 27.9 Å². The quantitative estimate of drug-likeness (QED) is 0.302. The Hall–Kier alpha value is -2.74. The summed E-state index contributed by atoms with van der Waals surface area (Å²) >= 11 is 15.7. The van der Waals surface area contributed by atoms with Crippen LogP contribution in [-0.4, -0.2) is 22.3 Å². The minimum atomic E-state index is -0.599. The van der Waals surface area contributed by atoms with Gasteiger partial charge in [-0.25, -0.2) is 5.43 Å². The fraction of sp³-hybridized carbons (Fsp3) is 0.0476. The molecule has 0 aromatic heterocycles. The van der Waals surface area contributed by atoms with Gasteiger partial charge in [-0.2, -0.15) is 5.10 Å². The molecule has 0 aliphatic heterocycles. The molecule has 6 nitrogen and oxygen atoms in total. The van der Waals surface area contributed by atoms with E-state index in [0.29, 0.717) is 26.9 Å². The molecule has 0 aliphatic carbocycles. The van der Waals surface area contributed by atoms with E-state index in [1.165, 1.54) is 18.3 Å². The van der Waals surface area contributed by atoms with E-state index in [9.17, 15) is 15.0 Å². The molecular formula is C21H15BrCl2N2O4. The molecule has 0 unspecified atom stereocenters. The number of phenols is 2. The van der Waals surface area contributed by atoms with Crippen LogP contribution in [0.25, 0.3) is 0 Å². The Bertz CT molecular complexity index is 1080. The molecule has 3 aromatic rings. The monoisotopic (exact) mass is 508 g/mol. The molecule has 0 radical (unpaired) electrons. The molecule has 30 heavy (non-hydrogen) atoms. The standard InChI is InChI=1S/C21H15BrCl2N2O4/c22-14-4-5-20(30-11-17-18(23)2-1-3-19(17)24)13(6-14)10-25-26-21(29)12-7-15(27)9-16(28)8-12/h1-10,27-28H,11H2,(H,26,29)/b25-10-. The predicted molar refractivity (Wildman–Crippen MR) is 120 cm³/mol. The molecule has 154 valence electrons. The molecular weight excluding hydrogens is 495 g/mol. The maximum absolute atomic E-state index is 12.2. The number of carbonyl (C=O) groups is 1. The normalized spacial score (nSPS) is 10.9. The summed E-state index contributed by atoms with van der Waals surface area (Å²) in [4.78, 5) is 12.2. The number of hydrogen-bond donors (Lipinski definition) is 3. The van der Waals surface area contributed by atoms with Gasteiger partial charge < -0.3 is 14.9 Å². The van der Waals surface area contributed by atoms with Crippen molar-refractivity contribution in [3.05, 3.63) is 85.8 Å². The Morgan fingerprint density at radius 2 is 1.73 bits per heavy atom. The molecule has 0 heterocycles. The van der Waals surface area contributed by atoms with Crippen LogP contribution in [0.15, 0.2) is 64.2 Å². The number of hydrazone groups is 1. The molecule has 3 aromatic carbocycles. The summed E-state index contributed by atoms with van der Waals surface area (Å²) in [7, 11) is 0. The van der Waals surface area contributed by atoms with Crippen molar-refractivity contribution in [1.29, 1.82) is 0 Å². The Morgan fingerprint density at radius 1 is 1.07 bits per heavy atom. The van der Waals surface area contributed by atoms with Crippen molar-refractivity contribution in [3.63, 3.8) is 0 Å². The average molecular weight is 510 g/mol. The first kappa shape index (κ1) is 22.0. The Kier molecular flexibility index (Phi) is 7.20. The second-order valence-corrected chi connectivity index (χ2v) is 7.84. The highest BCUT2D eigenvalue weighted by molar-refractivity contribution is 9.10. The van der Waals surface area contributed by atoms with Gasteiger partial charge in [-0.1, -0.05) is 45.2 Å². The van der Waals surface area contributed by atoms with Crippen molar-refractivity contribution in [3.8, 4) is 17.2 Å². The predicted octanol–water partition coefficient (Wildman–Crippen LogP) is 5.51. The summed E-state index contributed by atoms with van der Waals surface area (Å²) in [6.45, 7) is 0.149. The lowest BCUT2D eigenvalue weighted by Crippen LogP contribution is -2.17. The fourth-order valence-corrected chi connectivity index (χ4v) is 3.41. The van der Waals surface area contributed by atoms with E-state index in [-0.39, 0.29) is 23.7 Å². The second kappa shape index (κ2) is 9.84. The van der Waals surface area contributed by atoms with Gasteiger partial charge in [0.25, 0.3) is 5.91 Å². The first-order valence-electron chi connectivity index (χ1n) is 8.55. The van der Waals surface area contributed by atoms with Crippen molar-refractivity contribution < 1.29 is 19.7 Å². The summed E-state index contributed by atoms with van der Waals surface area (Å²) in [6, 6.07) is 14.1.